The normalized spacial score (nSPS) is 17.5. The van der Waals surface area contributed by atoms with Crippen LogP contribution in [-0.4, -0.2) is 0 Å². The largest absolute Gasteiger partial charge is 0.0925 e. The van der Waals surface area contributed by atoms with E-state index in [4.69, 9.17) is 8.22 Å². The Bertz CT molecular complexity index is 2500. The standard InChI is InChI=1S/C40H56.C20H6.CH4/c1-31(19-13-21-33(3)25-27-37-35(5)23-15-29-39(37,7)8)17-11-12-18-32(2)20-14-22-34(4)26-28-38-36(6)24-16-30-40(38,9)10;1-3-5-7-9-11-13-15-17-19-20-18-16-14-12-10-8-6-4-2;/h11-14,17-22,25-28H,15-16,23-24,29-30H2,1-10H3;1-2H3;1H4/b12-11+,19-13+,20-14+,27-25+,28-26+,31-17+,32-18+,33-21+,34-22+;;/i1D3,2D3;;. The first-order valence-corrected chi connectivity index (χ1v) is 20.1. The van der Waals surface area contributed by atoms with E-state index in [1.165, 1.54) is 60.1 Å². The van der Waals surface area contributed by atoms with Gasteiger partial charge in [0.2, 0.25) is 0 Å². The summed E-state index contributed by atoms with van der Waals surface area (Å²) < 4.78 is 47.7. The minimum absolute atomic E-state index is 0. The molecule has 0 heteroatoms. The minimum Gasteiger partial charge on any atom is -0.0925 e. The molecule has 0 aromatic carbocycles. The van der Waals surface area contributed by atoms with Gasteiger partial charge in [-0.2, -0.15) is 0 Å². The summed E-state index contributed by atoms with van der Waals surface area (Å²) in [6, 6.07) is 0. The molecule has 0 amide bonds. The van der Waals surface area contributed by atoms with E-state index >= 15 is 0 Å². The molecular weight excluding hydrogens is 733 g/mol. The van der Waals surface area contributed by atoms with Crippen molar-refractivity contribution in [2.24, 2.45) is 10.8 Å². The second kappa shape index (κ2) is 32.1. The van der Waals surface area contributed by atoms with Crippen molar-refractivity contribution in [3.05, 3.63) is 130 Å². The summed E-state index contributed by atoms with van der Waals surface area (Å²) in [4.78, 5) is 0. The van der Waals surface area contributed by atoms with Crippen molar-refractivity contribution >= 4 is 0 Å². The summed E-state index contributed by atoms with van der Waals surface area (Å²) in [5, 5.41) is 0. The molecule has 0 radical (unpaired) electrons. The van der Waals surface area contributed by atoms with Gasteiger partial charge in [-0.1, -0.05) is 165 Å². The lowest BCUT2D eigenvalue weighted by atomic mass is 9.72. The van der Waals surface area contributed by atoms with Crippen LogP contribution in [0.5, 0.6) is 0 Å². The van der Waals surface area contributed by atoms with E-state index in [9.17, 15) is 0 Å². The Morgan fingerprint density at radius 3 is 1.03 bits per heavy atom. The van der Waals surface area contributed by atoms with E-state index in [0.29, 0.717) is 0 Å². The van der Waals surface area contributed by atoms with Gasteiger partial charge in [0.15, 0.2) is 0 Å². The van der Waals surface area contributed by atoms with E-state index < -0.39 is 13.7 Å². The average molecular weight is 805 g/mol. The highest BCUT2D eigenvalue weighted by Gasteiger charge is 2.27. The molecule has 0 aliphatic heterocycles. The highest BCUT2D eigenvalue weighted by Crippen LogP contribution is 2.41. The second-order valence-electron chi connectivity index (χ2n) is 15.2. The molecule has 0 aromatic rings. The minimum atomic E-state index is -2.31. The maximum Gasteiger partial charge on any atom is 0.0280 e. The van der Waals surface area contributed by atoms with E-state index in [2.05, 4.69) is 172 Å². The summed E-state index contributed by atoms with van der Waals surface area (Å²) >= 11 is 0. The highest BCUT2D eigenvalue weighted by atomic mass is 14.3. The SMILES string of the molecule is C.CC#CC#CC#CC#CC#CC#CC#CC#CC#CC.[2H]C([2H])([2H])C(/C=C/C=C(C)/C=C/C1=C(C)CCCC1(C)C)=C\C=C\C=C(\C=C\C=C(C)\C=C\C1=C(C)CCCC1(C)C)C([2H])([2H])[2H]. The van der Waals surface area contributed by atoms with Crippen LogP contribution in [0, 0.1) is 117 Å². The van der Waals surface area contributed by atoms with Crippen LogP contribution >= 0.6 is 0 Å². The Morgan fingerprint density at radius 2 is 0.754 bits per heavy atom. The molecular formula is C61H66. The van der Waals surface area contributed by atoms with Crippen molar-refractivity contribution in [1.29, 1.82) is 0 Å². The third kappa shape index (κ3) is 26.0. The van der Waals surface area contributed by atoms with Crippen LogP contribution in [0.15, 0.2) is 130 Å². The maximum absolute atomic E-state index is 7.95. The fourth-order valence-electron chi connectivity index (χ4n) is 6.16. The van der Waals surface area contributed by atoms with Gasteiger partial charge < -0.3 is 0 Å². The van der Waals surface area contributed by atoms with Crippen LogP contribution in [0.25, 0.3) is 0 Å². The molecule has 0 fully saturated rings. The first-order chi connectivity index (χ1) is 31.2. The van der Waals surface area contributed by atoms with Crippen molar-refractivity contribution < 1.29 is 8.22 Å². The molecule has 2 aliphatic carbocycles. The van der Waals surface area contributed by atoms with Crippen LogP contribution in [0.3, 0.4) is 0 Å². The van der Waals surface area contributed by atoms with Crippen molar-refractivity contribution in [1.82, 2.24) is 0 Å². The second-order valence-corrected chi connectivity index (χ2v) is 15.2. The van der Waals surface area contributed by atoms with E-state index in [1.807, 2.05) is 26.0 Å². The van der Waals surface area contributed by atoms with E-state index in [1.54, 1.807) is 50.3 Å². The summed E-state index contributed by atoms with van der Waals surface area (Å²) in [5.74, 6) is 45.6. The molecule has 0 aromatic heterocycles. The van der Waals surface area contributed by atoms with E-state index in [-0.39, 0.29) is 29.4 Å². The Balaban J connectivity index is 0.00000174. The zero-order valence-corrected chi connectivity index (χ0v) is 37.3. The Hall–Kier alpha value is -6.82. The molecule has 2 rings (SSSR count). The topological polar surface area (TPSA) is 0 Å². The molecule has 0 saturated heterocycles. The molecule has 0 atom stereocenters. The quantitative estimate of drug-likeness (QED) is 0.152. The molecule has 0 bridgehead atoms. The van der Waals surface area contributed by atoms with E-state index in [0.717, 1.165) is 24.0 Å². The molecule has 0 nitrogen and oxygen atoms in total. The van der Waals surface area contributed by atoms with Crippen LogP contribution in [0.4, 0.5) is 0 Å². The molecule has 2 aliphatic rings. The molecule has 61 heavy (non-hydrogen) atoms. The summed E-state index contributed by atoms with van der Waals surface area (Å²) in [6.07, 6.45) is 32.3. The Labute approximate surface area is 382 Å². The number of hydrogen-bond acceptors (Lipinski definition) is 0. The molecule has 0 unspecified atom stereocenters. The Kier molecular flexibility index (Phi) is 23.0. The third-order valence-corrected chi connectivity index (χ3v) is 9.23. The van der Waals surface area contributed by atoms with Gasteiger partial charge in [0, 0.05) is 8.22 Å². The lowest BCUT2D eigenvalue weighted by Crippen LogP contribution is -2.19. The summed E-state index contributed by atoms with van der Waals surface area (Å²) in [6.45, 7) is 16.4. The summed E-state index contributed by atoms with van der Waals surface area (Å²) in [7, 11) is 0. The fourth-order valence-corrected chi connectivity index (χ4v) is 6.16. The fraction of sp³-hybridized carbons (Fsp3) is 0.344. The van der Waals surface area contributed by atoms with Crippen molar-refractivity contribution in [2.45, 2.75) is 129 Å². The first-order valence-electron chi connectivity index (χ1n) is 23.1. The van der Waals surface area contributed by atoms with Gasteiger partial charge in [-0.05, 0) is 210 Å². The van der Waals surface area contributed by atoms with Crippen LogP contribution in [-0.2, 0) is 0 Å². The first kappa shape index (κ1) is 43.8. The van der Waals surface area contributed by atoms with Gasteiger partial charge in [-0.25, -0.2) is 0 Å². The molecule has 310 valence electrons. The third-order valence-electron chi connectivity index (χ3n) is 9.23. The number of hydrogen-bond donors (Lipinski definition) is 0. The monoisotopic (exact) mass is 805 g/mol. The van der Waals surface area contributed by atoms with Crippen molar-refractivity contribution in [3.8, 4) is 107 Å². The van der Waals surface area contributed by atoms with Gasteiger partial charge in [0.05, 0.1) is 0 Å². The summed E-state index contributed by atoms with van der Waals surface area (Å²) in [5.41, 5.74) is 8.37. The highest BCUT2D eigenvalue weighted by molar-refractivity contribution is 5.47. The zero-order valence-electron chi connectivity index (χ0n) is 43.3. The molecule has 0 heterocycles. The molecule has 0 N–H and O–H groups in total. The number of allylic oxidation sites excluding steroid dienone is 22. The predicted molar refractivity (Wildman–Crippen MR) is 269 cm³/mol. The number of rotatable bonds is 10. The van der Waals surface area contributed by atoms with Gasteiger partial charge in [-0.3, -0.25) is 0 Å². The van der Waals surface area contributed by atoms with Crippen molar-refractivity contribution in [2.75, 3.05) is 0 Å². The smallest absolute Gasteiger partial charge is 0.0280 e. The average Bonchev–Trinajstić information content (AvgIpc) is 3.22. The van der Waals surface area contributed by atoms with Crippen molar-refractivity contribution in [3.63, 3.8) is 0 Å². The molecule has 0 spiro atoms. The zero-order chi connectivity index (χ0) is 49.5. The lowest BCUT2D eigenvalue weighted by Gasteiger charge is -2.33. The van der Waals surface area contributed by atoms with Gasteiger partial charge in [0.1, 0.15) is 0 Å². The van der Waals surface area contributed by atoms with Gasteiger partial charge in [-0.15, -0.1) is 0 Å². The Morgan fingerprint density at radius 1 is 0.459 bits per heavy atom. The van der Waals surface area contributed by atoms with Crippen LogP contribution in [0.1, 0.15) is 137 Å². The van der Waals surface area contributed by atoms with Gasteiger partial charge in [0.25, 0.3) is 0 Å². The molecule has 0 saturated carbocycles. The predicted octanol–water partition coefficient (Wildman–Crippen LogP) is 14.3. The van der Waals surface area contributed by atoms with Gasteiger partial charge >= 0.3 is 0 Å². The lowest BCUT2D eigenvalue weighted by molar-refractivity contribution is 0.376. The van der Waals surface area contributed by atoms with Crippen LogP contribution in [0.2, 0.25) is 0 Å². The van der Waals surface area contributed by atoms with Crippen LogP contribution < -0.4 is 0 Å². The maximum atomic E-state index is 7.95.